The molecule has 0 atom stereocenters. The lowest BCUT2D eigenvalue weighted by Crippen LogP contribution is -1.95. The summed E-state index contributed by atoms with van der Waals surface area (Å²) >= 11 is 0. The molecule has 45 heavy (non-hydrogen) atoms. The van der Waals surface area contributed by atoms with Crippen LogP contribution < -0.4 is 0 Å². The summed E-state index contributed by atoms with van der Waals surface area (Å²) in [5.74, 6) is 0.734. The highest BCUT2D eigenvalue weighted by Crippen LogP contribution is 2.41. The maximum atomic E-state index is 5.20. The Morgan fingerprint density at radius 3 is 1.96 bits per heavy atom. The molecule has 0 amide bonds. The standard InChI is InChI=1S/C43H28N2/c1-2-9-28(10-3-1)31-12-8-13-32(25-31)29-17-19-30(20-18-29)43-44-41-16-7-6-15-39(41)42(45-43)35-22-23-37-34(26-35)21-24-38-36-14-5-4-11-33(36)27-40(37)38/h1-26H,27H2. The molecule has 7 aromatic carbocycles. The van der Waals surface area contributed by atoms with Crippen molar-refractivity contribution in [1.29, 1.82) is 0 Å². The Bertz CT molecular complexity index is 2390. The van der Waals surface area contributed by atoms with E-state index in [1.165, 1.54) is 55.3 Å². The van der Waals surface area contributed by atoms with E-state index in [0.717, 1.165) is 40.0 Å². The number of benzene rings is 7. The molecule has 0 unspecified atom stereocenters. The Morgan fingerprint density at radius 1 is 0.400 bits per heavy atom. The monoisotopic (exact) mass is 572 g/mol. The normalized spacial score (nSPS) is 11.9. The van der Waals surface area contributed by atoms with Gasteiger partial charge in [-0.05, 0) is 79.9 Å². The Labute approximate surface area is 262 Å². The number of para-hydroxylation sites is 1. The molecule has 1 aliphatic rings. The third-order valence-corrected chi connectivity index (χ3v) is 9.13. The van der Waals surface area contributed by atoms with E-state index in [1.54, 1.807) is 0 Å². The van der Waals surface area contributed by atoms with Gasteiger partial charge in [-0.2, -0.15) is 0 Å². The first kappa shape index (κ1) is 25.6. The fourth-order valence-electron chi connectivity index (χ4n) is 6.86. The van der Waals surface area contributed by atoms with Crippen molar-refractivity contribution in [3.8, 4) is 56.0 Å². The molecule has 8 aromatic rings. The van der Waals surface area contributed by atoms with E-state index < -0.39 is 0 Å². The molecular weight excluding hydrogens is 544 g/mol. The number of hydrogen-bond donors (Lipinski definition) is 0. The lowest BCUT2D eigenvalue weighted by Gasteiger charge is -2.12. The molecule has 0 N–H and O–H groups in total. The zero-order valence-electron chi connectivity index (χ0n) is 24.6. The van der Waals surface area contributed by atoms with Crippen molar-refractivity contribution in [3.63, 3.8) is 0 Å². The van der Waals surface area contributed by atoms with Crippen LogP contribution in [-0.4, -0.2) is 9.97 Å². The molecule has 1 aliphatic carbocycles. The fourth-order valence-corrected chi connectivity index (χ4v) is 6.86. The van der Waals surface area contributed by atoms with Crippen molar-refractivity contribution in [2.45, 2.75) is 6.42 Å². The van der Waals surface area contributed by atoms with Gasteiger partial charge in [0, 0.05) is 16.5 Å². The Balaban J connectivity index is 1.10. The van der Waals surface area contributed by atoms with Crippen LogP contribution >= 0.6 is 0 Å². The second-order valence-corrected chi connectivity index (χ2v) is 11.8. The van der Waals surface area contributed by atoms with Gasteiger partial charge in [-0.1, -0.05) is 140 Å². The topological polar surface area (TPSA) is 25.8 Å². The van der Waals surface area contributed by atoms with Crippen molar-refractivity contribution < 1.29 is 0 Å². The van der Waals surface area contributed by atoms with E-state index in [1.807, 2.05) is 6.07 Å². The van der Waals surface area contributed by atoms with E-state index in [2.05, 4.69) is 152 Å². The summed E-state index contributed by atoms with van der Waals surface area (Å²) in [5.41, 5.74) is 14.3. The van der Waals surface area contributed by atoms with Crippen LogP contribution in [0.4, 0.5) is 0 Å². The summed E-state index contributed by atoms with van der Waals surface area (Å²) in [4.78, 5) is 10.2. The van der Waals surface area contributed by atoms with Gasteiger partial charge in [-0.3, -0.25) is 0 Å². The van der Waals surface area contributed by atoms with E-state index in [-0.39, 0.29) is 0 Å². The van der Waals surface area contributed by atoms with Gasteiger partial charge in [0.1, 0.15) is 0 Å². The first-order chi connectivity index (χ1) is 22.3. The summed E-state index contributed by atoms with van der Waals surface area (Å²) in [6, 6.07) is 56.3. The second-order valence-electron chi connectivity index (χ2n) is 11.8. The lowest BCUT2D eigenvalue weighted by molar-refractivity contribution is 1.23. The predicted molar refractivity (Wildman–Crippen MR) is 187 cm³/mol. The van der Waals surface area contributed by atoms with Gasteiger partial charge in [-0.15, -0.1) is 0 Å². The molecule has 0 aliphatic heterocycles. The molecule has 2 nitrogen and oxygen atoms in total. The minimum atomic E-state index is 0.734. The number of rotatable bonds is 4. The number of aromatic nitrogens is 2. The first-order valence-corrected chi connectivity index (χ1v) is 15.5. The molecule has 0 saturated carbocycles. The summed E-state index contributed by atoms with van der Waals surface area (Å²) in [6.45, 7) is 0. The second kappa shape index (κ2) is 10.4. The number of hydrogen-bond acceptors (Lipinski definition) is 2. The molecule has 0 saturated heterocycles. The average molecular weight is 573 g/mol. The van der Waals surface area contributed by atoms with Crippen LogP contribution in [0.2, 0.25) is 0 Å². The SMILES string of the molecule is c1ccc(-c2cccc(-c3ccc(-c4nc(-c5ccc6c7c(ccc6c5)-c5ccccc5C7)c5ccccc5n4)cc3)c2)cc1. The van der Waals surface area contributed by atoms with E-state index in [0.29, 0.717) is 0 Å². The third kappa shape index (κ3) is 4.42. The Kier molecular flexibility index (Phi) is 5.92. The van der Waals surface area contributed by atoms with Gasteiger partial charge < -0.3 is 0 Å². The van der Waals surface area contributed by atoms with Gasteiger partial charge in [0.25, 0.3) is 0 Å². The maximum absolute atomic E-state index is 5.20. The highest BCUT2D eigenvalue weighted by Gasteiger charge is 2.20. The zero-order chi connectivity index (χ0) is 29.7. The molecule has 9 rings (SSSR count). The van der Waals surface area contributed by atoms with Crippen LogP contribution in [0.5, 0.6) is 0 Å². The van der Waals surface area contributed by atoms with Crippen LogP contribution in [-0.2, 0) is 6.42 Å². The summed E-state index contributed by atoms with van der Waals surface area (Å²) < 4.78 is 0. The Hall–Kier alpha value is -5.86. The summed E-state index contributed by atoms with van der Waals surface area (Å²) in [5, 5.41) is 3.62. The van der Waals surface area contributed by atoms with Gasteiger partial charge in [0.2, 0.25) is 0 Å². The zero-order valence-corrected chi connectivity index (χ0v) is 24.6. The van der Waals surface area contributed by atoms with E-state index >= 15 is 0 Å². The molecular formula is C43H28N2. The highest BCUT2D eigenvalue weighted by atomic mass is 14.9. The van der Waals surface area contributed by atoms with Crippen LogP contribution in [0, 0.1) is 0 Å². The highest BCUT2D eigenvalue weighted by molar-refractivity contribution is 6.00. The summed E-state index contributed by atoms with van der Waals surface area (Å²) in [7, 11) is 0. The molecule has 0 fully saturated rings. The van der Waals surface area contributed by atoms with E-state index in [4.69, 9.17) is 9.97 Å². The van der Waals surface area contributed by atoms with Gasteiger partial charge in [0.15, 0.2) is 5.82 Å². The maximum Gasteiger partial charge on any atom is 0.160 e. The van der Waals surface area contributed by atoms with Gasteiger partial charge in [0.05, 0.1) is 11.2 Å². The van der Waals surface area contributed by atoms with Crippen molar-refractivity contribution in [2.75, 3.05) is 0 Å². The Morgan fingerprint density at radius 2 is 1.09 bits per heavy atom. The third-order valence-electron chi connectivity index (χ3n) is 9.13. The van der Waals surface area contributed by atoms with Crippen molar-refractivity contribution in [1.82, 2.24) is 9.97 Å². The average Bonchev–Trinajstić information content (AvgIpc) is 3.51. The molecule has 1 heterocycles. The van der Waals surface area contributed by atoms with Gasteiger partial charge in [-0.25, -0.2) is 9.97 Å². The van der Waals surface area contributed by atoms with Gasteiger partial charge >= 0.3 is 0 Å². The molecule has 0 bridgehead atoms. The molecule has 0 spiro atoms. The smallest absolute Gasteiger partial charge is 0.160 e. The number of nitrogens with zero attached hydrogens (tertiary/aromatic N) is 2. The largest absolute Gasteiger partial charge is 0.228 e. The molecule has 1 aromatic heterocycles. The first-order valence-electron chi connectivity index (χ1n) is 15.5. The summed E-state index contributed by atoms with van der Waals surface area (Å²) in [6.07, 6.45) is 0.981. The minimum absolute atomic E-state index is 0.734. The number of fused-ring (bicyclic) bond motifs is 6. The molecule has 2 heteroatoms. The van der Waals surface area contributed by atoms with Crippen molar-refractivity contribution in [3.05, 3.63) is 169 Å². The van der Waals surface area contributed by atoms with Crippen LogP contribution in [0.25, 0.3) is 77.7 Å². The van der Waals surface area contributed by atoms with Crippen LogP contribution in [0.15, 0.2) is 158 Å². The predicted octanol–water partition coefficient (Wildman–Crippen LogP) is 11.0. The van der Waals surface area contributed by atoms with Crippen LogP contribution in [0.3, 0.4) is 0 Å². The van der Waals surface area contributed by atoms with Crippen LogP contribution in [0.1, 0.15) is 11.1 Å². The molecule has 210 valence electrons. The fraction of sp³-hybridized carbons (Fsp3) is 0.0233. The minimum Gasteiger partial charge on any atom is -0.228 e. The van der Waals surface area contributed by atoms with Crippen molar-refractivity contribution in [2.24, 2.45) is 0 Å². The van der Waals surface area contributed by atoms with Crippen molar-refractivity contribution >= 4 is 21.7 Å². The molecule has 0 radical (unpaired) electrons. The quantitative estimate of drug-likeness (QED) is 0.210. The van der Waals surface area contributed by atoms with E-state index in [9.17, 15) is 0 Å². The lowest BCUT2D eigenvalue weighted by atomic mass is 9.96.